The second-order valence-corrected chi connectivity index (χ2v) is 5.67. The lowest BCUT2D eigenvalue weighted by atomic mass is 10.0. The van der Waals surface area contributed by atoms with E-state index in [2.05, 4.69) is 6.92 Å². The van der Waals surface area contributed by atoms with E-state index in [0.717, 1.165) is 12.8 Å². The normalized spacial score (nSPS) is 17.4. The van der Waals surface area contributed by atoms with Gasteiger partial charge in [0.25, 0.3) is 0 Å². The van der Waals surface area contributed by atoms with E-state index in [0.29, 0.717) is 39.3 Å². The van der Waals surface area contributed by atoms with Crippen molar-refractivity contribution in [2.24, 2.45) is 11.7 Å². The first kappa shape index (κ1) is 16.9. The first-order valence-electron chi connectivity index (χ1n) is 7.41. The Bertz CT molecular complexity index is 325. The molecule has 1 aliphatic heterocycles. The maximum Gasteiger partial charge on any atom is 0.236 e. The van der Waals surface area contributed by atoms with Gasteiger partial charge in [-0.05, 0) is 20.5 Å². The molecule has 0 aromatic heterocycles. The maximum absolute atomic E-state index is 12.3. The number of rotatable bonds is 6. The van der Waals surface area contributed by atoms with Crippen molar-refractivity contribution in [1.29, 1.82) is 0 Å². The molecular formula is C14H28N4O2. The summed E-state index contributed by atoms with van der Waals surface area (Å²) in [5.41, 5.74) is 5.68. The third kappa shape index (κ3) is 4.76. The highest BCUT2D eigenvalue weighted by atomic mass is 16.2. The molecular weight excluding hydrogens is 256 g/mol. The monoisotopic (exact) mass is 284 g/mol. The molecule has 1 fully saturated rings. The lowest BCUT2D eigenvalue weighted by Crippen LogP contribution is -2.53. The first-order valence-corrected chi connectivity index (χ1v) is 7.41. The molecule has 0 saturated carbocycles. The van der Waals surface area contributed by atoms with Gasteiger partial charge in [0.2, 0.25) is 11.8 Å². The standard InChI is InChI=1S/C14H28N4O2/c1-4-5-12(10-15)14(20)18-8-6-17(7-9-18)13(19)11-16(2)3/h12H,4-11,15H2,1-3H3. The van der Waals surface area contributed by atoms with Gasteiger partial charge in [0.15, 0.2) is 0 Å². The van der Waals surface area contributed by atoms with Crippen molar-refractivity contribution in [2.75, 3.05) is 53.4 Å². The number of carbonyl (C=O) groups excluding carboxylic acids is 2. The SMILES string of the molecule is CCCC(CN)C(=O)N1CCN(C(=O)CN(C)C)CC1. The van der Waals surface area contributed by atoms with E-state index >= 15 is 0 Å². The molecule has 20 heavy (non-hydrogen) atoms. The van der Waals surface area contributed by atoms with Crippen LogP contribution in [0, 0.1) is 5.92 Å². The summed E-state index contributed by atoms with van der Waals surface area (Å²) < 4.78 is 0. The topological polar surface area (TPSA) is 69.9 Å². The molecule has 0 aromatic carbocycles. The summed E-state index contributed by atoms with van der Waals surface area (Å²) in [6, 6.07) is 0. The minimum Gasteiger partial charge on any atom is -0.339 e. The van der Waals surface area contributed by atoms with Gasteiger partial charge in [-0.25, -0.2) is 0 Å². The summed E-state index contributed by atoms with van der Waals surface area (Å²) in [4.78, 5) is 29.8. The number of piperazine rings is 1. The van der Waals surface area contributed by atoms with E-state index in [4.69, 9.17) is 5.73 Å². The minimum absolute atomic E-state index is 0.0657. The number of nitrogens with zero attached hydrogens (tertiary/aromatic N) is 3. The van der Waals surface area contributed by atoms with Crippen LogP contribution in [-0.4, -0.2) is 79.9 Å². The smallest absolute Gasteiger partial charge is 0.236 e. The zero-order valence-corrected chi connectivity index (χ0v) is 13.0. The second-order valence-electron chi connectivity index (χ2n) is 5.67. The zero-order valence-electron chi connectivity index (χ0n) is 13.0. The van der Waals surface area contributed by atoms with E-state index in [9.17, 15) is 9.59 Å². The number of hydrogen-bond acceptors (Lipinski definition) is 4. The van der Waals surface area contributed by atoms with Gasteiger partial charge in [0.05, 0.1) is 12.5 Å². The predicted molar refractivity (Wildman–Crippen MR) is 79.2 cm³/mol. The van der Waals surface area contributed by atoms with Crippen molar-refractivity contribution >= 4 is 11.8 Å². The molecule has 1 saturated heterocycles. The van der Waals surface area contributed by atoms with E-state index in [1.165, 1.54) is 0 Å². The van der Waals surface area contributed by atoms with Crippen LogP contribution in [0.15, 0.2) is 0 Å². The quantitative estimate of drug-likeness (QED) is 0.720. The summed E-state index contributed by atoms with van der Waals surface area (Å²) in [5.74, 6) is 0.212. The van der Waals surface area contributed by atoms with Gasteiger partial charge in [-0.3, -0.25) is 9.59 Å². The fraction of sp³-hybridized carbons (Fsp3) is 0.857. The molecule has 6 heteroatoms. The Morgan fingerprint density at radius 2 is 1.70 bits per heavy atom. The van der Waals surface area contributed by atoms with Crippen molar-refractivity contribution < 1.29 is 9.59 Å². The predicted octanol–water partition coefficient (Wildman–Crippen LogP) is -0.406. The molecule has 116 valence electrons. The van der Waals surface area contributed by atoms with Crippen molar-refractivity contribution in [3.05, 3.63) is 0 Å². The Morgan fingerprint density at radius 1 is 1.15 bits per heavy atom. The highest BCUT2D eigenvalue weighted by Gasteiger charge is 2.27. The Balaban J connectivity index is 2.45. The summed E-state index contributed by atoms with van der Waals surface area (Å²) >= 11 is 0. The summed E-state index contributed by atoms with van der Waals surface area (Å²) in [7, 11) is 3.77. The summed E-state index contributed by atoms with van der Waals surface area (Å²) in [6.07, 6.45) is 1.81. The molecule has 0 aliphatic carbocycles. The highest BCUT2D eigenvalue weighted by molar-refractivity contribution is 5.81. The van der Waals surface area contributed by atoms with Gasteiger partial charge < -0.3 is 20.4 Å². The second kappa shape index (κ2) is 8.21. The number of likely N-dealkylation sites (N-methyl/N-ethyl adjacent to an activating group) is 1. The van der Waals surface area contributed by atoms with E-state index in [-0.39, 0.29) is 17.7 Å². The average molecular weight is 284 g/mol. The maximum atomic E-state index is 12.3. The number of amides is 2. The molecule has 1 unspecified atom stereocenters. The molecule has 0 bridgehead atoms. The van der Waals surface area contributed by atoms with Crippen LogP contribution in [0.2, 0.25) is 0 Å². The van der Waals surface area contributed by atoms with Crippen molar-refractivity contribution in [1.82, 2.24) is 14.7 Å². The van der Waals surface area contributed by atoms with Gasteiger partial charge in [-0.1, -0.05) is 13.3 Å². The van der Waals surface area contributed by atoms with Crippen LogP contribution < -0.4 is 5.73 Å². The lowest BCUT2D eigenvalue weighted by molar-refractivity contribution is -0.142. The largest absolute Gasteiger partial charge is 0.339 e. The van der Waals surface area contributed by atoms with Gasteiger partial charge in [-0.15, -0.1) is 0 Å². The molecule has 1 aliphatic rings. The van der Waals surface area contributed by atoms with Crippen LogP contribution >= 0.6 is 0 Å². The van der Waals surface area contributed by atoms with Gasteiger partial charge >= 0.3 is 0 Å². The van der Waals surface area contributed by atoms with Crippen LogP contribution in [0.3, 0.4) is 0 Å². The number of hydrogen-bond donors (Lipinski definition) is 1. The van der Waals surface area contributed by atoms with Gasteiger partial charge in [0.1, 0.15) is 0 Å². The summed E-state index contributed by atoms with van der Waals surface area (Å²) in [5, 5.41) is 0. The van der Waals surface area contributed by atoms with Crippen LogP contribution in [0.5, 0.6) is 0 Å². The lowest BCUT2D eigenvalue weighted by Gasteiger charge is -2.36. The Hall–Kier alpha value is -1.14. The van der Waals surface area contributed by atoms with Crippen LogP contribution in [-0.2, 0) is 9.59 Å². The van der Waals surface area contributed by atoms with Crippen LogP contribution in [0.1, 0.15) is 19.8 Å². The molecule has 1 heterocycles. The molecule has 2 N–H and O–H groups in total. The van der Waals surface area contributed by atoms with Crippen LogP contribution in [0.4, 0.5) is 0 Å². The molecule has 6 nitrogen and oxygen atoms in total. The molecule has 0 aromatic rings. The fourth-order valence-electron chi connectivity index (χ4n) is 2.50. The Kier molecular flexibility index (Phi) is 6.95. The van der Waals surface area contributed by atoms with E-state index in [1.807, 2.05) is 28.8 Å². The fourth-order valence-corrected chi connectivity index (χ4v) is 2.50. The Labute approximate surface area is 121 Å². The molecule has 1 rings (SSSR count). The molecule has 1 atom stereocenters. The third-order valence-electron chi connectivity index (χ3n) is 3.67. The van der Waals surface area contributed by atoms with E-state index in [1.54, 1.807) is 0 Å². The van der Waals surface area contributed by atoms with Crippen molar-refractivity contribution in [3.63, 3.8) is 0 Å². The number of carbonyl (C=O) groups is 2. The van der Waals surface area contributed by atoms with E-state index < -0.39 is 0 Å². The molecule has 0 radical (unpaired) electrons. The first-order chi connectivity index (χ1) is 9.49. The van der Waals surface area contributed by atoms with Crippen molar-refractivity contribution in [3.8, 4) is 0 Å². The third-order valence-corrected chi connectivity index (χ3v) is 3.67. The van der Waals surface area contributed by atoms with Crippen molar-refractivity contribution in [2.45, 2.75) is 19.8 Å². The summed E-state index contributed by atoms with van der Waals surface area (Å²) in [6.45, 7) is 5.40. The molecule has 0 spiro atoms. The average Bonchev–Trinajstić information content (AvgIpc) is 2.43. The highest BCUT2D eigenvalue weighted by Crippen LogP contribution is 2.12. The molecule has 2 amide bonds. The zero-order chi connectivity index (χ0) is 15.1. The van der Waals surface area contributed by atoms with Gasteiger partial charge in [0, 0.05) is 32.7 Å². The minimum atomic E-state index is -0.0657. The van der Waals surface area contributed by atoms with Crippen LogP contribution in [0.25, 0.3) is 0 Å². The van der Waals surface area contributed by atoms with Gasteiger partial charge in [-0.2, -0.15) is 0 Å². The number of nitrogens with two attached hydrogens (primary N) is 1. The Morgan fingerprint density at radius 3 is 2.15 bits per heavy atom.